The number of hydrogen-bond acceptors (Lipinski definition) is 3. The molecule has 21 heavy (non-hydrogen) atoms. The molecular formula is C16H22N4O. The van der Waals surface area contributed by atoms with Gasteiger partial charge in [-0.15, -0.1) is 0 Å². The summed E-state index contributed by atoms with van der Waals surface area (Å²) in [5.74, 6) is 0.127. The van der Waals surface area contributed by atoms with E-state index in [1.807, 2.05) is 23.1 Å². The molecule has 1 aliphatic heterocycles. The van der Waals surface area contributed by atoms with Crippen LogP contribution in [0.15, 0.2) is 24.5 Å². The van der Waals surface area contributed by atoms with Gasteiger partial charge < -0.3 is 15.2 Å². The average Bonchev–Trinajstić information content (AvgIpc) is 3.00. The molecule has 1 atom stereocenters. The molecule has 1 aliphatic rings. The number of carbonyl (C=O) groups is 1. The highest BCUT2D eigenvalue weighted by molar-refractivity contribution is 5.97. The predicted octanol–water partition coefficient (Wildman–Crippen LogP) is 2.17. The summed E-state index contributed by atoms with van der Waals surface area (Å²) < 4.78 is 0. The number of carbonyl (C=O) groups excluding carboxylic acids is 1. The van der Waals surface area contributed by atoms with Crippen LogP contribution in [-0.2, 0) is 0 Å². The van der Waals surface area contributed by atoms with Gasteiger partial charge in [0.2, 0.25) is 0 Å². The number of amides is 1. The van der Waals surface area contributed by atoms with Crippen LogP contribution in [0.3, 0.4) is 0 Å². The van der Waals surface area contributed by atoms with Crippen molar-refractivity contribution < 1.29 is 4.79 Å². The third-order valence-corrected chi connectivity index (χ3v) is 4.10. The number of fused-ring (bicyclic) bond motifs is 1. The van der Waals surface area contributed by atoms with Gasteiger partial charge in [-0.05, 0) is 44.0 Å². The molecule has 2 heterocycles. The molecule has 0 saturated carbocycles. The first-order chi connectivity index (χ1) is 10.3. The van der Waals surface area contributed by atoms with Gasteiger partial charge in [0.15, 0.2) is 0 Å². The number of H-pyrrole nitrogens is 1. The van der Waals surface area contributed by atoms with Gasteiger partial charge >= 0.3 is 0 Å². The van der Waals surface area contributed by atoms with Crippen molar-refractivity contribution in [3.8, 4) is 0 Å². The maximum atomic E-state index is 12.9. The van der Waals surface area contributed by atoms with Gasteiger partial charge in [-0.3, -0.25) is 4.79 Å². The normalized spacial score (nSPS) is 18.8. The van der Waals surface area contributed by atoms with Gasteiger partial charge in [0.1, 0.15) is 0 Å². The first kappa shape index (κ1) is 14.1. The van der Waals surface area contributed by atoms with Crippen LogP contribution < -0.4 is 5.32 Å². The van der Waals surface area contributed by atoms with E-state index in [2.05, 4.69) is 22.2 Å². The van der Waals surface area contributed by atoms with E-state index in [0.717, 1.165) is 55.5 Å². The molecule has 5 heteroatoms. The van der Waals surface area contributed by atoms with Crippen LogP contribution >= 0.6 is 0 Å². The lowest BCUT2D eigenvalue weighted by Gasteiger charge is -2.34. The Balaban J connectivity index is 1.84. The number of hydrogen-bond donors (Lipinski definition) is 2. The quantitative estimate of drug-likeness (QED) is 0.905. The summed E-state index contributed by atoms with van der Waals surface area (Å²) in [6.45, 7) is 4.89. The molecular weight excluding hydrogens is 264 g/mol. The first-order valence-corrected chi connectivity index (χ1v) is 7.74. The molecule has 1 amide bonds. The summed E-state index contributed by atoms with van der Waals surface area (Å²) in [5, 5.41) is 3.40. The van der Waals surface area contributed by atoms with Crippen molar-refractivity contribution >= 4 is 16.9 Å². The van der Waals surface area contributed by atoms with E-state index in [0.29, 0.717) is 6.04 Å². The van der Waals surface area contributed by atoms with Crippen LogP contribution in [0.5, 0.6) is 0 Å². The van der Waals surface area contributed by atoms with Crippen LogP contribution in [0, 0.1) is 0 Å². The van der Waals surface area contributed by atoms with Gasteiger partial charge in [-0.25, -0.2) is 4.98 Å². The number of imidazole rings is 1. The van der Waals surface area contributed by atoms with Crippen molar-refractivity contribution in [2.24, 2.45) is 0 Å². The monoisotopic (exact) mass is 286 g/mol. The van der Waals surface area contributed by atoms with Crippen LogP contribution in [0.4, 0.5) is 0 Å². The Bertz CT molecular complexity index is 616. The Kier molecular flexibility index (Phi) is 4.20. The minimum atomic E-state index is 0.127. The van der Waals surface area contributed by atoms with Crippen LogP contribution in [0.1, 0.15) is 36.5 Å². The molecule has 1 saturated heterocycles. The zero-order valence-corrected chi connectivity index (χ0v) is 12.4. The molecule has 0 bridgehead atoms. The second kappa shape index (κ2) is 6.26. The third-order valence-electron chi connectivity index (χ3n) is 4.10. The molecule has 2 aromatic rings. The molecule has 0 spiro atoms. The molecule has 1 aromatic heterocycles. The Morgan fingerprint density at radius 1 is 1.48 bits per heavy atom. The number of nitrogens with one attached hydrogen (secondary N) is 2. The Morgan fingerprint density at radius 3 is 3.14 bits per heavy atom. The fourth-order valence-electron chi connectivity index (χ4n) is 3.02. The Morgan fingerprint density at radius 2 is 2.38 bits per heavy atom. The molecule has 112 valence electrons. The second-order valence-corrected chi connectivity index (χ2v) is 5.63. The fraction of sp³-hybridized carbons (Fsp3) is 0.500. The molecule has 1 fully saturated rings. The lowest BCUT2D eigenvalue weighted by atomic mass is 10.0. The second-order valence-electron chi connectivity index (χ2n) is 5.63. The molecule has 1 unspecified atom stereocenters. The lowest BCUT2D eigenvalue weighted by molar-refractivity contribution is 0.0649. The standard InChI is InChI=1S/C16H22N4O/c1-2-8-20(13-4-3-7-17-10-13)16(21)12-5-6-14-15(9-12)19-11-18-14/h5-6,9,11,13,17H,2-4,7-8,10H2,1H3,(H,18,19). The number of piperidine rings is 1. The number of aromatic nitrogens is 2. The summed E-state index contributed by atoms with van der Waals surface area (Å²) >= 11 is 0. The molecule has 5 nitrogen and oxygen atoms in total. The maximum absolute atomic E-state index is 12.9. The molecule has 0 radical (unpaired) electrons. The van der Waals surface area contributed by atoms with Crippen molar-refractivity contribution in [2.45, 2.75) is 32.2 Å². The van der Waals surface area contributed by atoms with E-state index in [9.17, 15) is 4.79 Å². The highest BCUT2D eigenvalue weighted by atomic mass is 16.2. The summed E-state index contributed by atoms with van der Waals surface area (Å²) in [4.78, 5) is 22.2. The predicted molar refractivity (Wildman–Crippen MR) is 83.3 cm³/mol. The van der Waals surface area contributed by atoms with E-state index in [1.54, 1.807) is 6.33 Å². The molecule has 3 rings (SSSR count). The van der Waals surface area contributed by atoms with Crippen molar-refractivity contribution in [3.05, 3.63) is 30.1 Å². The minimum absolute atomic E-state index is 0.127. The topological polar surface area (TPSA) is 61.0 Å². The van der Waals surface area contributed by atoms with E-state index in [4.69, 9.17) is 0 Å². The first-order valence-electron chi connectivity index (χ1n) is 7.74. The maximum Gasteiger partial charge on any atom is 0.254 e. The highest BCUT2D eigenvalue weighted by Gasteiger charge is 2.25. The van der Waals surface area contributed by atoms with E-state index < -0.39 is 0 Å². The zero-order valence-electron chi connectivity index (χ0n) is 12.4. The molecule has 1 aromatic carbocycles. The van der Waals surface area contributed by atoms with Crippen molar-refractivity contribution in [1.29, 1.82) is 0 Å². The smallest absolute Gasteiger partial charge is 0.254 e. The van der Waals surface area contributed by atoms with Crippen molar-refractivity contribution in [1.82, 2.24) is 20.2 Å². The minimum Gasteiger partial charge on any atom is -0.345 e. The van der Waals surface area contributed by atoms with Crippen molar-refractivity contribution in [2.75, 3.05) is 19.6 Å². The largest absolute Gasteiger partial charge is 0.345 e. The summed E-state index contributed by atoms with van der Waals surface area (Å²) in [6, 6.07) is 6.00. The van der Waals surface area contributed by atoms with Crippen LogP contribution in [0.2, 0.25) is 0 Å². The summed E-state index contributed by atoms with van der Waals surface area (Å²) in [7, 11) is 0. The average molecular weight is 286 g/mol. The van der Waals surface area contributed by atoms with E-state index >= 15 is 0 Å². The van der Waals surface area contributed by atoms with E-state index in [1.165, 1.54) is 0 Å². The van der Waals surface area contributed by atoms with Crippen LogP contribution in [0.25, 0.3) is 11.0 Å². The van der Waals surface area contributed by atoms with Gasteiger partial charge in [0, 0.05) is 24.7 Å². The SMILES string of the molecule is CCCN(C(=O)c1ccc2nc[nH]c2c1)C1CCCNC1. The summed E-state index contributed by atoms with van der Waals surface area (Å²) in [6.07, 6.45) is 4.87. The summed E-state index contributed by atoms with van der Waals surface area (Å²) in [5.41, 5.74) is 2.55. The van der Waals surface area contributed by atoms with Gasteiger partial charge in [0.05, 0.1) is 17.4 Å². The number of aromatic amines is 1. The van der Waals surface area contributed by atoms with Gasteiger partial charge in [0.25, 0.3) is 5.91 Å². The van der Waals surface area contributed by atoms with E-state index in [-0.39, 0.29) is 5.91 Å². The van der Waals surface area contributed by atoms with Gasteiger partial charge in [-0.2, -0.15) is 0 Å². The molecule has 2 N–H and O–H groups in total. The number of benzene rings is 1. The third kappa shape index (κ3) is 2.93. The Hall–Kier alpha value is -1.88. The zero-order chi connectivity index (χ0) is 14.7. The highest BCUT2D eigenvalue weighted by Crippen LogP contribution is 2.18. The van der Waals surface area contributed by atoms with Gasteiger partial charge in [-0.1, -0.05) is 6.92 Å². The number of nitrogens with zero attached hydrogens (tertiary/aromatic N) is 2. The van der Waals surface area contributed by atoms with Crippen molar-refractivity contribution in [3.63, 3.8) is 0 Å². The fourth-order valence-corrected chi connectivity index (χ4v) is 3.02. The molecule has 0 aliphatic carbocycles. The number of rotatable bonds is 4. The Labute approximate surface area is 124 Å². The lowest BCUT2D eigenvalue weighted by Crippen LogP contribution is -2.49. The van der Waals surface area contributed by atoms with Crippen LogP contribution in [-0.4, -0.2) is 46.5 Å².